The molecule has 0 saturated heterocycles. The molecule has 1 aromatic rings. The van der Waals surface area contributed by atoms with Crippen molar-refractivity contribution in [2.75, 3.05) is 0 Å². The summed E-state index contributed by atoms with van der Waals surface area (Å²) >= 11 is 0. The van der Waals surface area contributed by atoms with Gasteiger partial charge in [0.2, 0.25) is 0 Å². The number of imidazole rings is 1. The standard InChI is InChI=1S/C9H15N3O/c1-3-4-8(2)11-9(13)12-6-5-10-7-12/h5-8H,3-4H2,1-2H3,(H,11,13). The van der Waals surface area contributed by atoms with E-state index in [-0.39, 0.29) is 12.1 Å². The number of rotatable bonds is 3. The molecule has 0 aromatic carbocycles. The zero-order valence-corrected chi connectivity index (χ0v) is 8.03. The van der Waals surface area contributed by atoms with Gasteiger partial charge in [0.15, 0.2) is 0 Å². The highest BCUT2D eigenvalue weighted by atomic mass is 16.2. The number of nitrogens with one attached hydrogen (secondary N) is 1. The van der Waals surface area contributed by atoms with Crippen molar-refractivity contribution in [3.05, 3.63) is 18.7 Å². The van der Waals surface area contributed by atoms with E-state index in [1.54, 1.807) is 12.4 Å². The number of aromatic nitrogens is 2. The van der Waals surface area contributed by atoms with Gasteiger partial charge in [0.25, 0.3) is 0 Å². The molecule has 0 fully saturated rings. The summed E-state index contributed by atoms with van der Waals surface area (Å²) < 4.78 is 1.44. The molecule has 1 unspecified atom stereocenters. The molecule has 1 amide bonds. The Kier molecular flexibility index (Phi) is 3.49. The van der Waals surface area contributed by atoms with Gasteiger partial charge >= 0.3 is 6.03 Å². The van der Waals surface area contributed by atoms with Crippen LogP contribution in [-0.2, 0) is 0 Å². The fraction of sp³-hybridized carbons (Fsp3) is 0.556. The Bertz CT molecular complexity index is 256. The topological polar surface area (TPSA) is 46.9 Å². The van der Waals surface area contributed by atoms with Gasteiger partial charge < -0.3 is 5.32 Å². The van der Waals surface area contributed by atoms with Crippen molar-refractivity contribution in [3.63, 3.8) is 0 Å². The maximum absolute atomic E-state index is 11.4. The van der Waals surface area contributed by atoms with E-state index in [0.29, 0.717) is 0 Å². The first kappa shape index (κ1) is 9.77. The molecular weight excluding hydrogens is 166 g/mol. The van der Waals surface area contributed by atoms with E-state index >= 15 is 0 Å². The summed E-state index contributed by atoms with van der Waals surface area (Å²) in [4.78, 5) is 15.2. The van der Waals surface area contributed by atoms with Crippen LogP contribution in [0.1, 0.15) is 26.7 Å². The monoisotopic (exact) mass is 181 g/mol. The Hall–Kier alpha value is -1.32. The number of nitrogens with zero attached hydrogens (tertiary/aromatic N) is 2. The third-order valence-corrected chi connectivity index (χ3v) is 1.83. The van der Waals surface area contributed by atoms with Crippen LogP contribution < -0.4 is 5.32 Å². The van der Waals surface area contributed by atoms with Gasteiger partial charge in [-0.05, 0) is 13.3 Å². The molecule has 1 rings (SSSR count). The second-order valence-corrected chi connectivity index (χ2v) is 3.11. The molecule has 0 radical (unpaired) electrons. The highest BCUT2D eigenvalue weighted by Crippen LogP contribution is 1.95. The third kappa shape index (κ3) is 2.89. The van der Waals surface area contributed by atoms with E-state index in [0.717, 1.165) is 12.8 Å². The quantitative estimate of drug-likeness (QED) is 0.770. The molecular formula is C9H15N3O. The maximum Gasteiger partial charge on any atom is 0.327 e. The van der Waals surface area contributed by atoms with Crippen LogP contribution >= 0.6 is 0 Å². The minimum Gasteiger partial charge on any atom is -0.335 e. The third-order valence-electron chi connectivity index (χ3n) is 1.83. The van der Waals surface area contributed by atoms with Crippen molar-refractivity contribution in [1.29, 1.82) is 0 Å². The lowest BCUT2D eigenvalue weighted by Crippen LogP contribution is -2.35. The van der Waals surface area contributed by atoms with E-state index in [1.165, 1.54) is 10.9 Å². The first-order chi connectivity index (χ1) is 6.24. The number of carbonyl (C=O) groups is 1. The van der Waals surface area contributed by atoms with Crippen LogP contribution in [0.25, 0.3) is 0 Å². The van der Waals surface area contributed by atoms with E-state index in [1.807, 2.05) is 6.92 Å². The molecule has 0 aliphatic rings. The van der Waals surface area contributed by atoms with Crippen molar-refractivity contribution < 1.29 is 4.79 Å². The summed E-state index contributed by atoms with van der Waals surface area (Å²) in [7, 11) is 0. The van der Waals surface area contributed by atoms with Gasteiger partial charge in [-0.3, -0.25) is 4.57 Å². The molecule has 0 spiro atoms. The summed E-state index contributed by atoms with van der Waals surface area (Å²) in [5.74, 6) is 0. The van der Waals surface area contributed by atoms with Crippen molar-refractivity contribution in [2.24, 2.45) is 0 Å². The SMILES string of the molecule is CCCC(C)NC(=O)n1ccnc1. The minimum atomic E-state index is -0.113. The van der Waals surface area contributed by atoms with E-state index in [9.17, 15) is 4.79 Å². The summed E-state index contributed by atoms with van der Waals surface area (Å²) in [6.45, 7) is 4.10. The number of carbonyl (C=O) groups excluding carboxylic acids is 1. The average molecular weight is 181 g/mol. The zero-order chi connectivity index (χ0) is 9.68. The summed E-state index contributed by atoms with van der Waals surface area (Å²) in [6, 6.07) is 0.110. The Labute approximate surface area is 78.0 Å². The van der Waals surface area contributed by atoms with Gasteiger partial charge in [-0.2, -0.15) is 0 Å². The minimum absolute atomic E-state index is 0.113. The Morgan fingerprint density at radius 3 is 3.00 bits per heavy atom. The maximum atomic E-state index is 11.4. The van der Waals surface area contributed by atoms with Gasteiger partial charge in [0.05, 0.1) is 0 Å². The van der Waals surface area contributed by atoms with Gasteiger partial charge in [-0.1, -0.05) is 13.3 Å². The number of hydrogen-bond acceptors (Lipinski definition) is 2. The predicted octanol–water partition coefficient (Wildman–Crippen LogP) is 1.63. The second kappa shape index (κ2) is 4.64. The van der Waals surface area contributed by atoms with E-state index < -0.39 is 0 Å². The lowest BCUT2D eigenvalue weighted by atomic mass is 10.2. The fourth-order valence-corrected chi connectivity index (χ4v) is 1.17. The Balaban J connectivity index is 2.42. The summed E-state index contributed by atoms with van der Waals surface area (Å²) in [6.07, 6.45) is 6.79. The van der Waals surface area contributed by atoms with Crippen molar-refractivity contribution >= 4 is 6.03 Å². The molecule has 0 aliphatic carbocycles. The van der Waals surface area contributed by atoms with Gasteiger partial charge in [0, 0.05) is 18.4 Å². The van der Waals surface area contributed by atoms with Crippen LogP contribution in [0, 0.1) is 0 Å². The van der Waals surface area contributed by atoms with E-state index in [2.05, 4.69) is 17.2 Å². The smallest absolute Gasteiger partial charge is 0.327 e. The molecule has 0 saturated carbocycles. The average Bonchev–Trinajstić information content (AvgIpc) is 2.55. The van der Waals surface area contributed by atoms with Crippen LogP contribution in [0.5, 0.6) is 0 Å². The van der Waals surface area contributed by atoms with Crippen molar-refractivity contribution in [1.82, 2.24) is 14.9 Å². The fourth-order valence-electron chi connectivity index (χ4n) is 1.17. The Morgan fingerprint density at radius 1 is 1.69 bits per heavy atom. The molecule has 1 aromatic heterocycles. The molecule has 0 bridgehead atoms. The molecule has 4 heteroatoms. The van der Waals surface area contributed by atoms with Gasteiger partial charge in [-0.25, -0.2) is 9.78 Å². The second-order valence-electron chi connectivity index (χ2n) is 3.11. The zero-order valence-electron chi connectivity index (χ0n) is 8.03. The van der Waals surface area contributed by atoms with Crippen LogP contribution in [0.15, 0.2) is 18.7 Å². The molecule has 1 N–H and O–H groups in total. The lowest BCUT2D eigenvalue weighted by molar-refractivity contribution is 0.238. The highest BCUT2D eigenvalue weighted by Gasteiger charge is 2.06. The molecule has 0 aliphatic heterocycles. The first-order valence-corrected chi connectivity index (χ1v) is 4.53. The van der Waals surface area contributed by atoms with Crippen LogP contribution in [-0.4, -0.2) is 21.6 Å². The van der Waals surface area contributed by atoms with Crippen LogP contribution in [0.2, 0.25) is 0 Å². The molecule has 1 atom stereocenters. The first-order valence-electron chi connectivity index (χ1n) is 4.53. The van der Waals surface area contributed by atoms with Crippen LogP contribution in [0.3, 0.4) is 0 Å². The molecule has 1 heterocycles. The predicted molar refractivity (Wildman–Crippen MR) is 50.5 cm³/mol. The van der Waals surface area contributed by atoms with Gasteiger partial charge in [0.1, 0.15) is 6.33 Å². The van der Waals surface area contributed by atoms with Crippen LogP contribution in [0.4, 0.5) is 4.79 Å². The number of hydrogen-bond donors (Lipinski definition) is 1. The normalized spacial score (nSPS) is 12.5. The van der Waals surface area contributed by atoms with Gasteiger partial charge in [-0.15, -0.1) is 0 Å². The molecule has 72 valence electrons. The molecule has 13 heavy (non-hydrogen) atoms. The molecule has 4 nitrogen and oxygen atoms in total. The largest absolute Gasteiger partial charge is 0.335 e. The Morgan fingerprint density at radius 2 is 2.46 bits per heavy atom. The lowest BCUT2D eigenvalue weighted by Gasteiger charge is -2.12. The van der Waals surface area contributed by atoms with Crippen molar-refractivity contribution in [2.45, 2.75) is 32.7 Å². The van der Waals surface area contributed by atoms with Crippen molar-refractivity contribution in [3.8, 4) is 0 Å². The number of amides is 1. The summed E-state index contributed by atoms with van der Waals surface area (Å²) in [5, 5.41) is 2.87. The summed E-state index contributed by atoms with van der Waals surface area (Å²) in [5.41, 5.74) is 0. The van der Waals surface area contributed by atoms with E-state index in [4.69, 9.17) is 0 Å². The highest BCUT2D eigenvalue weighted by molar-refractivity contribution is 5.76.